The van der Waals surface area contributed by atoms with Crippen molar-refractivity contribution >= 4 is 5.91 Å². The van der Waals surface area contributed by atoms with Crippen molar-refractivity contribution in [3.05, 3.63) is 35.4 Å². The predicted molar refractivity (Wildman–Crippen MR) is 107 cm³/mol. The summed E-state index contributed by atoms with van der Waals surface area (Å²) in [4.78, 5) is 14.3. The Balaban J connectivity index is 1.73. The van der Waals surface area contributed by atoms with Crippen LogP contribution in [0.3, 0.4) is 0 Å². The molecule has 1 aliphatic heterocycles. The number of carbonyl (C=O) groups excluding carboxylic acids is 1. The summed E-state index contributed by atoms with van der Waals surface area (Å²) in [7, 11) is 1.66. The van der Waals surface area contributed by atoms with Crippen molar-refractivity contribution in [3.63, 3.8) is 0 Å². The maximum absolute atomic E-state index is 12.4. The van der Waals surface area contributed by atoms with Gasteiger partial charge in [0.1, 0.15) is 0 Å². The molecule has 27 heavy (non-hydrogen) atoms. The van der Waals surface area contributed by atoms with Crippen LogP contribution >= 0.6 is 0 Å². The molecule has 1 aromatic carbocycles. The molecule has 2 atom stereocenters. The largest absolute Gasteiger partial charge is 0.388 e. The maximum atomic E-state index is 12.4. The molecule has 152 valence electrons. The molecule has 1 aromatic rings. The van der Waals surface area contributed by atoms with E-state index in [0.29, 0.717) is 38.6 Å². The van der Waals surface area contributed by atoms with E-state index in [2.05, 4.69) is 32.9 Å². The number of rotatable bonds is 9. The Morgan fingerprint density at radius 3 is 2.59 bits per heavy atom. The van der Waals surface area contributed by atoms with Gasteiger partial charge in [-0.3, -0.25) is 4.79 Å². The molecule has 0 aromatic heterocycles. The van der Waals surface area contributed by atoms with Gasteiger partial charge in [0.25, 0.3) is 0 Å². The van der Waals surface area contributed by atoms with E-state index >= 15 is 0 Å². The summed E-state index contributed by atoms with van der Waals surface area (Å²) in [5.74, 6) is 0.528. The van der Waals surface area contributed by atoms with Crippen LogP contribution in [0.2, 0.25) is 0 Å². The number of methoxy groups -OCH3 is 1. The first-order valence-corrected chi connectivity index (χ1v) is 9.94. The third-order valence-electron chi connectivity index (χ3n) is 5.22. The Morgan fingerprint density at radius 2 is 1.96 bits per heavy atom. The first-order valence-electron chi connectivity index (χ1n) is 9.94. The topological polar surface area (TPSA) is 59.0 Å². The number of aliphatic hydroxyl groups excluding tert-OH is 1. The second kappa shape index (κ2) is 10.2. The first kappa shape index (κ1) is 21.9. The van der Waals surface area contributed by atoms with Crippen LogP contribution < -0.4 is 0 Å². The molecule has 1 saturated heterocycles. The summed E-state index contributed by atoms with van der Waals surface area (Å²) < 4.78 is 10.5. The number of amides is 1. The highest BCUT2D eigenvalue weighted by molar-refractivity contribution is 5.76. The Labute approximate surface area is 163 Å². The number of carbonyl (C=O) groups is 1. The zero-order valence-corrected chi connectivity index (χ0v) is 17.2. The third kappa shape index (κ3) is 6.91. The second-order valence-corrected chi connectivity index (χ2v) is 8.49. The van der Waals surface area contributed by atoms with Gasteiger partial charge in [-0.25, -0.2) is 0 Å². The maximum Gasteiger partial charge on any atom is 0.222 e. The average Bonchev–Trinajstić information content (AvgIpc) is 3.11. The molecule has 0 saturated carbocycles. The second-order valence-electron chi connectivity index (χ2n) is 8.49. The summed E-state index contributed by atoms with van der Waals surface area (Å²) in [5.41, 5.74) is 2.21. The summed E-state index contributed by atoms with van der Waals surface area (Å²) in [6.07, 6.45) is 1.22. The van der Waals surface area contributed by atoms with Gasteiger partial charge in [0, 0.05) is 32.5 Å². The molecule has 5 heteroatoms. The van der Waals surface area contributed by atoms with Gasteiger partial charge >= 0.3 is 0 Å². The molecule has 1 heterocycles. The molecule has 5 nitrogen and oxygen atoms in total. The van der Waals surface area contributed by atoms with E-state index in [4.69, 9.17) is 9.47 Å². The van der Waals surface area contributed by atoms with Crippen molar-refractivity contribution in [1.29, 1.82) is 0 Å². The van der Waals surface area contributed by atoms with Gasteiger partial charge in [-0.2, -0.15) is 0 Å². The van der Waals surface area contributed by atoms with Crippen molar-refractivity contribution in [2.75, 3.05) is 40.0 Å². The van der Waals surface area contributed by atoms with Gasteiger partial charge in [-0.1, -0.05) is 45.0 Å². The molecule has 1 aliphatic rings. The smallest absolute Gasteiger partial charge is 0.222 e. The fraction of sp³-hybridized carbons (Fsp3) is 0.682. The highest BCUT2D eigenvalue weighted by Gasteiger charge is 2.26. The third-order valence-corrected chi connectivity index (χ3v) is 5.22. The Kier molecular flexibility index (Phi) is 8.27. The van der Waals surface area contributed by atoms with Crippen LogP contribution in [-0.2, 0) is 19.7 Å². The average molecular weight is 378 g/mol. The van der Waals surface area contributed by atoms with Crippen LogP contribution in [0.15, 0.2) is 24.3 Å². The Morgan fingerprint density at radius 1 is 1.26 bits per heavy atom. The van der Waals surface area contributed by atoms with E-state index in [1.54, 1.807) is 7.11 Å². The molecule has 1 fully saturated rings. The van der Waals surface area contributed by atoms with Crippen LogP contribution in [0, 0.1) is 5.92 Å². The number of nitrogens with zero attached hydrogens (tertiary/aromatic N) is 1. The van der Waals surface area contributed by atoms with E-state index in [9.17, 15) is 9.90 Å². The minimum absolute atomic E-state index is 0.0963. The molecule has 0 unspecified atom stereocenters. The SMILES string of the molecule is COCCOC[C@@H]1CCN(C(=O)CC[C@@H](O)c2ccc(C(C)(C)C)cc2)C1. The highest BCUT2D eigenvalue weighted by Crippen LogP contribution is 2.26. The molecule has 1 amide bonds. The molecule has 0 bridgehead atoms. The number of hydrogen-bond donors (Lipinski definition) is 1. The van der Waals surface area contributed by atoms with E-state index in [-0.39, 0.29) is 11.3 Å². The lowest BCUT2D eigenvalue weighted by Gasteiger charge is -2.20. The fourth-order valence-corrected chi connectivity index (χ4v) is 3.38. The number of aliphatic hydroxyl groups is 1. The van der Waals surface area contributed by atoms with Crippen LogP contribution in [0.25, 0.3) is 0 Å². The Bertz CT molecular complexity index is 579. The lowest BCUT2D eigenvalue weighted by atomic mass is 9.86. The highest BCUT2D eigenvalue weighted by atomic mass is 16.5. The number of benzene rings is 1. The van der Waals surface area contributed by atoms with E-state index < -0.39 is 6.10 Å². The zero-order chi connectivity index (χ0) is 19.9. The van der Waals surface area contributed by atoms with Gasteiger partial charge < -0.3 is 19.5 Å². The van der Waals surface area contributed by atoms with Crippen LogP contribution in [-0.4, -0.2) is 55.9 Å². The molecular formula is C22H35NO4. The lowest BCUT2D eigenvalue weighted by molar-refractivity contribution is -0.131. The van der Waals surface area contributed by atoms with Gasteiger partial charge in [0.05, 0.1) is 25.9 Å². The Hall–Kier alpha value is -1.43. The van der Waals surface area contributed by atoms with Crippen molar-refractivity contribution < 1.29 is 19.4 Å². The monoisotopic (exact) mass is 377 g/mol. The van der Waals surface area contributed by atoms with Crippen LogP contribution in [0.5, 0.6) is 0 Å². The molecular weight excluding hydrogens is 342 g/mol. The van der Waals surface area contributed by atoms with E-state index in [1.165, 1.54) is 5.56 Å². The summed E-state index contributed by atoms with van der Waals surface area (Å²) >= 11 is 0. The van der Waals surface area contributed by atoms with Crippen LogP contribution in [0.1, 0.15) is 57.3 Å². The quantitative estimate of drug-likeness (QED) is 0.671. The van der Waals surface area contributed by atoms with Gasteiger partial charge in [0.15, 0.2) is 0 Å². The van der Waals surface area contributed by atoms with Gasteiger partial charge in [-0.05, 0) is 29.4 Å². The van der Waals surface area contributed by atoms with E-state index in [1.807, 2.05) is 17.0 Å². The molecule has 0 spiro atoms. The lowest BCUT2D eigenvalue weighted by Crippen LogP contribution is -2.29. The van der Waals surface area contributed by atoms with Crippen molar-refractivity contribution in [2.24, 2.45) is 5.92 Å². The van der Waals surface area contributed by atoms with Crippen molar-refractivity contribution in [2.45, 2.75) is 51.6 Å². The molecule has 0 radical (unpaired) electrons. The van der Waals surface area contributed by atoms with Gasteiger partial charge in [0.2, 0.25) is 5.91 Å². The minimum Gasteiger partial charge on any atom is -0.388 e. The normalized spacial score (nSPS) is 18.7. The zero-order valence-electron chi connectivity index (χ0n) is 17.2. The van der Waals surface area contributed by atoms with Crippen LogP contribution in [0.4, 0.5) is 0 Å². The molecule has 2 rings (SSSR count). The molecule has 1 N–H and O–H groups in total. The fourth-order valence-electron chi connectivity index (χ4n) is 3.38. The molecule has 0 aliphatic carbocycles. The number of likely N-dealkylation sites (tertiary alicyclic amines) is 1. The van der Waals surface area contributed by atoms with E-state index in [0.717, 1.165) is 25.1 Å². The summed E-state index contributed by atoms with van der Waals surface area (Å²) in [6.45, 7) is 9.92. The van der Waals surface area contributed by atoms with Crippen molar-refractivity contribution in [1.82, 2.24) is 4.90 Å². The standard InChI is InChI=1S/C22H35NO4/c1-22(2,3)19-7-5-18(6-8-19)20(24)9-10-21(25)23-12-11-17(15-23)16-27-14-13-26-4/h5-8,17,20,24H,9-16H2,1-4H3/t17-,20-/m1/s1. The van der Waals surface area contributed by atoms with Crippen molar-refractivity contribution in [3.8, 4) is 0 Å². The minimum atomic E-state index is -0.598. The van der Waals surface area contributed by atoms with Gasteiger partial charge in [-0.15, -0.1) is 0 Å². The predicted octanol–water partition coefficient (Wildman–Crippen LogP) is 3.31. The summed E-state index contributed by atoms with van der Waals surface area (Å²) in [6, 6.07) is 8.07. The first-order chi connectivity index (χ1) is 12.8. The summed E-state index contributed by atoms with van der Waals surface area (Å²) in [5, 5.41) is 10.4. The number of hydrogen-bond acceptors (Lipinski definition) is 4. The number of ether oxygens (including phenoxy) is 2.